The molecule has 2 aromatic rings. The molecule has 0 bridgehead atoms. The molecule has 0 fully saturated rings. The molecule has 0 heterocycles. The highest BCUT2D eigenvalue weighted by atomic mass is 79.9. The van der Waals surface area contributed by atoms with Gasteiger partial charge in [0, 0.05) is 9.37 Å². The highest BCUT2D eigenvalue weighted by Gasteiger charge is 2.18. The molecular weight excluding hydrogens is 558 g/mol. The van der Waals surface area contributed by atoms with Crippen LogP contribution < -0.4 is 10.1 Å². The molecule has 1 N–H and O–H groups in total. The normalized spacial score (nSPS) is 11.4. The number of halogens is 3. The molecule has 3 nitrogen and oxygen atoms in total. The molecule has 0 spiro atoms. The first-order valence-electron chi connectivity index (χ1n) is 8.30. The fourth-order valence-corrected chi connectivity index (χ4v) is 5.00. The lowest BCUT2D eigenvalue weighted by atomic mass is 9.87. The van der Waals surface area contributed by atoms with E-state index in [2.05, 4.69) is 99.0 Å². The lowest BCUT2D eigenvalue weighted by molar-refractivity contribution is -0.113. The molecule has 146 valence electrons. The van der Waals surface area contributed by atoms with Crippen LogP contribution >= 0.6 is 59.6 Å². The summed E-state index contributed by atoms with van der Waals surface area (Å²) in [6.07, 6.45) is 0. The van der Waals surface area contributed by atoms with Gasteiger partial charge in [-0.15, -0.1) is 11.8 Å². The van der Waals surface area contributed by atoms with Crippen LogP contribution in [0.3, 0.4) is 0 Å². The van der Waals surface area contributed by atoms with E-state index < -0.39 is 0 Å². The quantitative estimate of drug-likeness (QED) is 0.298. The predicted octanol–water partition coefficient (Wildman–Crippen LogP) is 7.32. The molecule has 0 atom stereocenters. The Hall–Kier alpha value is -0.500. The zero-order valence-corrected chi connectivity index (χ0v) is 21.4. The number of aryl methyl sites for hydroxylation is 1. The van der Waals surface area contributed by atoms with Crippen molar-refractivity contribution in [2.24, 2.45) is 0 Å². The number of thioether (sulfide) groups is 1. The highest BCUT2D eigenvalue weighted by Crippen LogP contribution is 2.43. The van der Waals surface area contributed by atoms with Crippen molar-refractivity contribution in [1.82, 2.24) is 0 Å². The van der Waals surface area contributed by atoms with Crippen molar-refractivity contribution < 1.29 is 9.53 Å². The summed E-state index contributed by atoms with van der Waals surface area (Å²) in [6.45, 7) is 8.64. The first kappa shape index (κ1) is 22.8. The van der Waals surface area contributed by atoms with E-state index in [1.54, 1.807) is 18.9 Å². The van der Waals surface area contributed by atoms with Crippen LogP contribution in [0.15, 0.2) is 42.6 Å². The second-order valence-corrected chi connectivity index (χ2v) is 10.6. The second kappa shape index (κ2) is 9.33. The smallest absolute Gasteiger partial charge is 0.234 e. The molecule has 0 aromatic heterocycles. The molecule has 7 heteroatoms. The largest absolute Gasteiger partial charge is 0.495 e. The van der Waals surface area contributed by atoms with Crippen LogP contribution in [0, 0.1) is 6.92 Å². The molecule has 0 unspecified atom stereocenters. The zero-order chi connectivity index (χ0) is 20.4. The van der Waals surface area contributed by atoms with Crippen LogP contribution in [0.2, 0.25) is 0 Å². The summed E-state index contributed by atoms with van der Waals surface area (Å²) in [6, 6.07) is 8.27. The Balaban J connectivity index is 2.13. The summed E-state index contributed by atoms with van der Waals surface area (Å²) in [7, 11) is 1.60. The third-order valence-corrected chi connectivity index (χ3v) is 7.92. The van der Waals surface area contributed by atoms with Gasteiger partial charge in [-0.25, -0.2) is 0 Å². The van der Waals surface area contributed by atoms with Gasteiger partial charge in [0.25, 0.3) is 0 Å². The summed E-state index contributed by atoms with van der Waals surface area (Å²) in [5, 5.41) is 2.97. The van der Waals surface area contributed by atoms with E-state index in [-0.39, 0.29) is 11.3 Å². The summed E-state index contributed by atoms with van der Waals surface area (Å²) in [5.41, 5.74) is 3.19. The van der Waals surface area contributed by atoms with E-state index in [1.807, 2.05) is 6.07 Å². The Morgan fingerprint density at radius 1 is 1.15 bits per heavy atom. The number of carbonyl (C=O) groups excluding carboxylic acids is 1. The molecule has 0 aliphatic heterocycles. The van der Waals surface area contributed by atoms with Crippen molar-refractivity contribution in [3.8, 4) is 5.75 Å². The zero-order valence-electron chi connectivity index (χ0n) is 15.9. The first-order valence-corrected chi connectivity index (χ1v) is 11.7. The average Bonchev–Trinajstić information content (AvgIpc) is 2.60. The van der Waals surface area contributed by atoms with Crippen LogP contribution in [0.5, 0.6) is 5.75 Å². The number of ether oxygens (including phenoxy) is 1. The molecule has 0 aliphatic rings. The van der Waals surface area contributed by atoms with Crippen LogP contribution in [-0.2, 0) is 10.2 Å². The maximum atomic E-state index is 12.5. The van der Waals surface area contributed by atoms with Crippen LogP contribution in [0.4, 0.5) is 5.69 Å². The predicted molar refractivity (Wildman–Crippen MR) is 125 cm³/mol. The number of methoxy groups -OCH3 is 1. The van der Waals surface area contributed by atoms with Crippen molar-refractivity contribution in [1.29, 1.82) is 0 Å². The number of anilines is 1. The van der Waals surface area contributed by atoms with Gasteiger partial charge in [-0.1, -0.05) is 32.9 Å². The van der Waals surface area contributed by atoms with Gasteiger partial charge in [0.1, 0.15) is 5.75 Å². The van der Waals surface area contributed by atoms with Gasteiger partial charge in [-0.2, -0.15) is 0 Å². The molecule has 0 radical (unpaired) electrons. The van der Waals surface area contributed by atoms with Crippen molar-refractivity contribution in [2.45, 2.75) is 38.0 Å². The van der Waals surface area contributed by atoms with E-state index in [4.69, 9.17) is 4.74 Å². The van der Waals surface area contributed by atoms with Gasteiger partial charge in [-0.3, -0.25) is 4.79 Å². The van der Waals surface area contributed by atoms with E-state index in [1.165, 1.54) is 11.1 Å². The monoisotopic (exact) mass is 577 g/mol. The molecule has 0 saturated heterocycles. The van der Waals surface area contributed by atoms with Crippen LogP contribution in [0.1, 0.15) is 31.9 Å². The van der Waals surface area contributed by atoms with Gasteiger partial charge < -0.3 is 10.1 Å². The number of nitrogens with one attached hydrogen (secondary N) is 1. The van der Waals surface area contributed by atoms with E-state index in [9.17, 15) is 4.79 Å². The fourth-order valence-electron chi connectivity index (χ4n) is 2.38. The maximum Gasteiger partial charge on any atom is 0.234 e. The van der Waals surface area contributed by atoms with Gasteiger partial charge >= 0.3 is 0 Å². The average molecular weight is 580 g/mol. The number of benzene rings is 2. The number of hydrogen-bond acceptors (Lipinski definition) is 3. The van der Waals surface area contributed by atoms with Crippen LogP contribution in [-0.4, -0.2) is 18.8 Å². The van der Waals surface area contributed by atoms with Crippen molar-refractivity contribution >= 4 is 71.1 Å². The van der Waals surface area contributed by atoms with E-state index in [0.29, 0.717) is 17.2 Å². The molecule has 1 amide bonds. The second-order valence-electron chi connectivity index (χ2n) is 7.13. The number of carbonyl (C=O) groups is 1. The Kier molecular flexibility index (Phi) is 7.88. The summed E-state index contributed by atoms with van der Waals surface area (Å²) >= 11 is 12.0. The molecule has 2 aromatic carbocycles. The Morgan fingerprint density at radius 3 is 2.41 bits per heavy atom. The minimum Gasteiger partial charge on any atom is -0.495 e. The summed E-state index contributed by atoms with van der Waals surface area (Å²) in [5.74, 6) is 0.937. The molecule has 0 aliphatic carbocycles. The van der Waals surface area contributed by atoms with Gasteiger partial charge in [0.05, 0.1) is 27.5 Å². The topological polar surface area (TPSA) is 38.3 Å². The summed E-state index contributed by atoms with van der Waals surface area (Å²) < 4.78 is 7.54. The minimum atomic E-state index is -0.0703. The Morgan fingerprint density at radius 2 is 1.81 bits per heavy atom. The lowest BCUT2D eigenvalue weighted by Crippen LogP contribution is -2.15. The van der Waals surface area contributed by atoms with E-state index >= 15 is 0 Å². The van der Waals surface area contributed by atoms with Crippen molar-refractivity contribution in [2.75, 3.05) is 18.2 Å². The third kappa shape index (κ3) is 5.75. The molecular formula is C20H22Br3NO2S. The minimum absolute atomic E-state index is 0.0703. The van der Waals surface area contributed by atoms with E-state index in [0.717, 1.165) is 18.3 Å². The van der Waals surface area contributed by atoms with Gasteiger partial charge in [0.15, 0.2) is 0 Å². The molecule has 27 heavy (non-hydrogen) atoms. The number of hydrogen-bond donors (Lipinski definition) is 1. The lowest BCUT2D eigenvalue weighted by Gasteiger charge is -2.20. The number of amides is 1. The Bertz CT molecular complexity index is 863. The fraction of sp³-hybridized carbons (Fsp3) is 0.350. The van der Waals surface area contributed by atoms with Gasteiger partial charge in [0.2, 0.25) is 5.91 Å². The Labute approximate surface area is 190 Å². The molecule has 0 saturated carbocycles. The van der Waals surface area contributed by atoms with Crippen LogP contribution in [0.25, 0.3) is 0 Å². The SMILES string of the molecule is COc1cc(Br)c(NC(=O)CSc2cc(C(C)(C)C)ccc2C)c(Br)c1Br. The standard InChI is InChI=1S/C20H22Br3NO2S/c1-11-6-7-12(20(2,3)4)8-15(11)27-10-16(25)24-19-13(21)9-14(26-5)17(22)18(19)23/h6-9H,10H2,1-5H3,(H,24,25). The van der Waals surface area contributed by atoms with Crippen molar-refractivity contribution in [3.63, 3.8) is 0 Å². The highest BCUT2D eigenvalue weighted by molar-refractivity contribution is 9.13. The third-order valence-electron chi connectivity index (χ3n) is 4.02. The maximum absolute atomic E-state index is 12.5. The summed E-state index contributed by atoms with van der Waals surface area (Å²) in [4.78, 5) is 13.7. The number of rotatable bonds is 5. The molecule has 2 rings (SSSR count). The van der Waals surface area contributed by atoms with Crippen molar-refractivity contribution in [3.05, 3.63) is 48.8 Å². The first-order chi connectivity index (χ1) is 12.5. The van der Waals surface area contributed by atoms with Gasteiger partial charge in [-0.05, 0) is 83.4 Å².